The third-order valence-electron chi connectivity index (χ3n) is 2.10. The number of fused-ring (bicyclic) bond motifs is 1. The molecule has 0 bridgehead atoms. The summed E-state index contributed by atoms with van der Waals surface area (Å²) in [6, 6.07) is 0. The minimum Gasteiger partial charge on any atom is -0.363 e. The highest BCUT2D eigenvalue weighted by Gasteiger charge is 2.13. The number of carbonyl (C=O) groups excluding carboxylic acids is 1. The first-order valence-electron chi connectivity index (χ1n) is 3.77. The van der Waals surface area contributed by atoms with Gasteiger partial charge in [-0.2, -0.15) is 0 Å². The normalized spacial score (nSPS) is 16.0. The molecule has 1 aromatic heterocycles. The van der Waals surface area contributed by atoms with Gasteiger partial charge in [-0.25, -0.2) is 0 Å². The maximum atomic E-state index is 10.5. The molecular formula is C8H10N2O. The Bertz CT molecular complexity index is 278. The molecule has 1 aliphatic rings. The first kappa shape index (κ1) is 6.61. The van der Waals surface area contributed by atoms with E-state index in [1.165, 1.54) is 11.3 Å². The third-order valence-corrected chi connectivity index (χ3v) is 2.10. The van der Waals surface area contributed by atoms with Crippen LogP contribution >= 0.6 is 0 Å². The van der Waals surface area contributed by atoms with E-state index >= 15 is 0 Å². The van der Waals surface area contributed by atoms with Gasteiger partial charge in [-0.1, -0.05) is 0 Å². The second-order valence-electron chi connectivity index (χ2n) is 2.75. The average molecular weight is 150 g/mol. The van der Waals surface area contributed by atoms with Crippen LogP contribution in [-0.2, 0) is 13.0 Å². The summed E-state index contributed by atoms with van der Waals surface area (Å²) in [7, 11) is 0. The Balaban J connectivity index is 2.45. The molecule has 0 atom stereocenters. The van der Waals surface area contributed by atoms with Crippen molar-refractivity contribution in [2.75, 3.05) is 6.54 Å². The molecule has 0 aliphatic carbocycles. The van der Waals surface area contributed by atoms with Crippen LogP contribution in [0.1, 0.15) is 21.6 Å². The average Bonchev–Trinajstić information content (AvgIpc) is 2.47. The highest BCUT2D eigenvalue weighted by molar-refractivity contribution is 5.77. The molecule has 2 N–H and O–H groups in total. The topological polar surface area (TPSA) is 44.9 Å². The number of hydrogen-bond donors (Lipinski definition) is 2. The summed E-state index contributed by atoms with van der Waals surface area (Å²) in [4.78, 5) is 13.6. The maximum Gasteiger partial charge on any atom is 0.151 e. The molecule has 3 nitrogen and oxygen atoms in total. The molecule has 0 amide bonds. The number of aldehydes is 1. The fourth-order valence-corrected chi connectivity index (χ4v) is 1.50. The van der Waals surface area contributed by atoms with Crippen molar-refractivity contribution in [2.45, 2.75) is 13.0 Å². The van der Waals surface area contributed by atoms with Crippen molar-refractivity contribution < 1.29 is 4.79 Å². The summed E-state index contributed by atoms with van der Waals surface area (Å²) in [5, 5.41) is 3.23. The van der Waals surface area contributed by atoms with Gasteiger partial charge in [0, 0.05) is 24.0 Å². The quantitative estimate of drug-likeness (QED) is 0.572. The lowest BCUT2D eigenvalue weighted by Crippen LogP contribution is -2.23. The highest BCUT2D eigenvalue weighted by Crippen LogP contribution is 2.15. The van der Waals surface area contributed by atoms with Crippen LogP contribution in [0.25, 0.3) is 0 Å². The largest absolute Gasteiger partial charge is 0.363 e. The van der Waals surface area contributed by atoms with Crippen LogP contribution in [0.2, 0.25) is 0 Å². The van der Waals surface area contributed by atoms with E-state index < -0.39 is 0 Å². The van der Waals surface area contributed by atoms with E-state index in [1.54, 1.807) is 6.20 Å². The van der Waals surface area contributed by atoms with Gasteiger partial charge in [-0.15, -0.1) is 0 Å². The highest BCUT2D eigenvalue weighted by atomic mass is 16.1. The molecule has 0 fully saturated rings. The fraction of sp³-hybridized carbons (Fsp3) is 0.375. The van der Waals surface area contributed by atoms with Crippen molar-refractivity contribution in [1.82, 2.24) is 10.3 Å². The lowest BCUT2D eigenvalue weighted by molar-refractivity contribution is 0.112. The monoisotopic (exact) mass is 150 g/mol. The van der Waals surface area contributed by atoms with Crippen LogP contribution < -0.4 is 5.32 Å². The van der Waals surface area contributed by atoms with Gasteiger partial charge in [0.15, 0.2) is 6.29 Å². The van der Waals surface area contributed by atoms with E-state index in [1.807, 2.05) is 0 Å². The molecule has 0 saturated heterocycles. The Morgan fingerprint density at radius 3 is 3.27 bits per heavy atom. The lowest BCUT2D eigenvalue weighted by atomic mass is 10.1. The van der Waals surface area contributed by atoms with E-state index in [2.05, 4.69) is 10.3 Å². The van der Waals surface area contributed by atoms with Gasteiger partial charge >= 0.3 is 0 Å². The predicted octanol–water partition coefficient (Wildman–Crippen LogP) is 0.473. The molecule has 0 aromatic carbocycles. The fourth-order valence-electron chi connectivity index (χ4n) is 1.50. The molecule has 2 heterocycles. The zero-order chi connectivity index (χ0) is 7.68. The van der Waals surface area contributed by atoms with E-state index in [9.17, 15) is 4.79 Å². The lowest BCUT2D eigenvalue weighted by Gasteiger charge is -2.12. The summed E-state index contributed by atoms with van der Waals surface area (Å²) >= 11 is 0. The molecule has 3 heteroatoms. The number of aromatic amines is 1. The van der Waals surface area contributed by atoms with Crippen molar-refractivity contribution in [3.8, 4) is 0 Å². The Morgan fingerprint density at radius 1 is 1.55 bits per heavy atom. The van der Waals surface area contributed by atoms with Crippen molar-refractivity contribution in [2.24, 2.45) is 0 Å². The molecule has 0 spiro atoms. The van der Waals surface area contributed by atoms with Crippen molar-refractivity contribution in [1.29, 1.82) is 0 Å². The van der Waals surface area contributed by atoms with Crippen LogP contribution in [0.15, 0.2) is 6.20 Å². The number of rotatable bonds is 1. The number of hydrogen-bond acceptors (Lipinski definition) is 2. The van der Waals surface area contributed by atoms with Crippen LogP contribution in [-0.4, -0.2) is 17.8 Å². The minimum absolute atomic E-state index is 0.821. The molecule has 0 radical (unpaired) electrons. The predicted molar refractivity (Wildman–Crippen MR) is 41.6 cm³/mol. The summed E-state index contributed by atoms with van der Waals surface area (Å²) in [6.45, 7) is 1.84. The van der Waals surface area contributed by atoms with Crippen LogP contribution in [0.4, 0.5) is 0 Å². The number of carbonyl (C=O) groups is 1. The van der Waals surface area contributed by atoms with Gasteiger partial charge in [-0.05, 0) is 18.5 Å². The van der Waals surface area contributed by atoms with E-state index in [4.69, 9.17) is 0 Å². The summed E-state index contributed by atoms with van der Waals surface area (Å²) in [5.41, 5.74) is 3.18. The standard InChI is InChI=1S/C8H10N2O/c11-5-6-3-10-8-4-9-2-1-7(6)8/h3,5,9-10H,1-2,4H2. The second-order valence-corrected chi connectivity index (χ2v) is 2.75. The summed E-state index contributed by atoms with van der Waals surface area (Å²) in [6.07, 6.45) is 3.66. The second kappa shape index (κ2) is 2.51. The van der Waals surface area contributed by atoms with Gasteiger partial charge in [0.05, 0.1) is 0 Å². The number of nitrogens with one attached hydrogen (secondary N) is 2. The molecule has 0 saturated carbocycles. The van der Waals surface area contributed by atoms with Gasteiger partial charge in [0.1, 0.15) is 0 Å². The van der Waals surface area contributed by atoms with E-state index in [0.717, 1.165) is 31.4 Å². The first-order valence-corrected chi connectivity index (χ1v) is 3.77. The van der Waals surface area contributed by atoms with Crippen LogP contribution in [0, 0.1) is 0 Å². The van der Waals surface area contributed by atoms with Gasteiger partial charge in [0.2, 0.25) is 0 Å². The minimum atomic E-state index is 0.821. The molecule has 2 rings (SSSR count). The zero-order valence-electron chi connectivity index (χ0n) is 6.18. The third kappa shape index (κ3) is 0.973. The smallest absolute Gasteiger partial charge is 0.151 e. The van der Waals surface area contributed by atoms with E-state index in [0.29, 0.717) is 0 Å². The maximum absolute atomic E-state index is 10.5. The van der Waals surface area contributed by atoms with Crippen molar-refractivity contribution >= 4 is 6.29 Å². The molecule has 1 aromatic rings. The zero-order valence-corrected chi connectivity index (χ0v) is 6.18. The Morgan fingerprint density at radius 2 is 2.45 bits per heavy atom. The van der Waals surface area contributed by atoms with Crippen LogP contribution in [0.5, 0.6) is 0 Å². The van der Waals surface area contributed by atoms with Gasteiger partial charge in [-0.3, -0.25) is 4.79 Å². The van der Waals surface area contributed by atoms with Crippen LogP contribution in [0.3, 0.4) is 0 Å². The molecule has 0 unspecified atom stereocenters. The number of aromatic nitrogens is 1. The van der Waals surface area contributed by atoms with Crippen molar-refractivity contribution in [3.63, 3.8) is 0 Å². The molecule has 58 valence electrons. The molecule has 11 heavy (non-hydrogen) atoms. The summed E-state index contributed by atoms with van der Waals surface area (Å²) in [5.74, 6) is 0. The molecule has 1 aliphatic heterocycles. The van der Waals surface area contributed by atoms with E-state index in [-0.39, 0.29) is 0 Å². The number of H-pyrrole nitrogens is 1. The Hall–Kier alpha value is -1.09. The van der Waals surface area contributed by atoms with Gasteiger partial charge in [0.25, 0.3) is 0 Å². The SMILES string of the molecule is O=Cc1c[nH]c2c1CCNC2. The van der Waals surface area contributed by atoms with Crippen molar-refractivity contribution in [3.05, 3.63) is 23.0 Å². The molecular weight excluding hydrogens is 140 g/mol. The Labute approximate surface area is 64.8 Å². The Kier molecular flexibility index (Phi) is 1.51. The summed E-state index contributed by atoms with van der Waals surface area (Å²) < 4.78 is 0. The van der Waals surface area contributed by atoms with Gasteiger partial charge < -0.3 is 10.3 Å². The first-order chi connectivity index (χ1) is 5.42.